The summed E-state index contributed by atoms with van der Waals surface area (Å²) in [4.78, 5) is 95.8. The molecule has 0 aliphatic heterocycles. The highest BCUT2D eigenvalue weighted by Crippen LogP contribution is 2.34. The minimum Gasteiger partial charge on any atom is -0.388 e. The van der Waals surface area contributed by atoms with Crippen molar-refractivity contribution in [2.24, 2.45) is 11.3 Å². The third-order valence-corrected chi connectivity index (χ3v) is 17.1. The number of aliphatic hydroxyl groups excluding tert-OH is 1. The van der Waals surface area contributed by atoms with Crippen LogP contribution in [0.2, 0.25) is 0 Å². The molecule has 4 atom stereocenters. The van der Waals surface area contributed by atoms with Gasteiger partial charge in [-0.15, -0.1) is 0 Å². The minimum absolute atomic E-state index is 0.0900. The van der Waals surface area contributed by atoms with Gasteiger partial charge in [-0.3, -0.25) is 49.1 Å². The van der Waals surface area contributed by atoms with Gasteiger partial charge in [0.2, 0.25) is 0 Å². The fourth-order valence-corrected chi connectivity index (χ4v) is 10.8. The number of hydroxylamine groups is 3. The molecule has 9 rings (SSSR count). The van der Waals surface area contributed by atoms with Gasteiger partial charge in [0.25, 0.3) is 29.5 Å². The van der Waals surface area contributed by atoms with Crippen LogP contribution in [-0.2, 0) is 24.9 Å². The summed E-state index contributed by atoms with van der Waals surface area (Å²) in [6, 6.07) is 58.2. The van der Waals surface area contributed by atoms with E-state index in [4.69, 9.17) is 25.8 Å². The van der Waals surface area contributed by atoms with E-state index in [1.165, 1.54) is 30.3 Å². The largest absolute Gasteiger partial charge is 0.388 e. The summed E-state index contributed by atoms with van der Waals surface area (Å²) in [7, 11) is 0. The summed E-state index contributed by atoms with van der Waals surface area (Å²) in [5.74, 6) is -2.82. The molecule has 9 amide bonds. The zero-order valence-electron chi connectivity index (χ0n) is 61.7. The number of aromatic nitrogens is 2. The molecule has 24 heteroatoms. The number of anilines is 1. The number of carbonyl (C=O) groups excluding carboxylic acids is 8. The van der Waals surface area contributed by atoms with Crippen molar-refractivity contribution in [2.45, 2.75) is 132 Å². The molecule has 0 aliphatic rings. The number of Topliss-reactive ketones (excluding diaryl/α,β-unsaturated/α-hetero) is 1. The predicted molar refractivity (Wildman–Crippen MR) is 404 cm³/mol. The predicted octanol–water partition coefficient (Wildman–Crippen LogP) is 13.9. The molecule has 1 aromatic heterocycles. The molecule has 8 aromatic carbocycles. The molecule has 0 bridgehead atoms. The van der Waals surface area contributed by atoms with E-state index in [2.05, 4.69) is 80.4 Å². The highest BCUT2D eigenvalue weighted by Gasteiger charge is 2.30. The molecule has 0 spiro atoms. The lowest BCUT2D eigenvalue weighted by molar-refractivity contribution is 0.0702. The molecular formula is C82H96FN11O12. The second-order valence-corrected chi connectivity index (χ2v) is 27.5. The highest BCUT2D eigenvalue weighted by atomic mass is 19.1. The minimum atomic E-state index is -0.616. The summed E-state index contributed by atoms with van der Waals surface area (Å²) in [6.07, 6.45) is 0.873. The Morgan fingerprint density at radius 3 is 1.46 bits per heavy atom. The van der Waals surface area contributed by atoms with Crippen LogP contribution in [0.15, 0.2) is 206 Å². The number of ketones is 1. The van der Waals surface area contributed by atoms with Gasteiger partial charge >= 0.3 is 12.1 Å². The van der Waals surface area contributed by atoms with E-state index < -0.39 is 36.2 Å². The quantitative estimate of drug-likeness (QED) is 0.0171. The van der Waals surface area contributed by atoms with Crippen LogP contribution in [0.4, 0.5) is 19.7 Å². The number of amides is 9. The Morgan fingerprint density at radius 1 is 0.491 bits per heavy atom. The summed E-state index contributed by atoms with van der Waals surface area (Å²) in [5, 5.41) is 56.8. The van der Waals surface area contributed by atoms with Gasteiger partial charge in [0.1, 0.15) is 18.1 Å². The molecule has 9 aromatic rings. The Morgan fingerprint density at radius 2 is 0.972 bits per heavy atom. The maximum atomic E-state index is 13.5. The molecule has 106 heavy (non-hydrogen) atoms. The highest BCUT2D eigenvalue weighted by molar-refractivity contribution is 5.98. The monoisotopic (exact) mass is 1450 g/mol. The molecule has 4 unspecified atom stereocenters. The van der Waals surface area contributed by atoms with Crippen LogP contribution in [0.5, 0.6) is 0 Å². The fourth-order valence-electron chi connectivity index (χ4n) is 10.8. The lowest BCUT2D eigenvalue weighted by Crippen LogP contribution is -2.36. The van der Waals surface area contributed by atoms with E-state index in [0.717, 1.165) is 56.6 Å². The first kappa shape index (κ1) is 83.2. The van der Waals surface area contributed by atoms with Crippen molar-refractivity contribution in [1.29, 1.82) is 0 Å². The van der Waals surface area contributed by atoms with Crippen molar-refractivity contribution in [3.05, 3.63) is 296 Å². The van der Waals surface area contributed by atoms with Gasteiger partial charge in [0.15, 0.2) is 5.78 Å². The lowest BCUT2D eigenvalue weighted by Gasteiger charge is -2.32. The van der Waals surface area contributed by atoms with Gasteiger partial charge in [0.05, 0.1) is 42.1 Å². The maximum absolute atomic E-state index is 13.5. The van der Waals surface area contributed by atoms with Gasteiger partial charge in [-0.1, -0.05) is 202 Å². The first-order chi connectivity index (χ1) is 50.4. The number of urea groups is 2. The van der Waals surface area contributed by atoms with Crippen molar-refractivity contribution in [1.82, 2.24) is 52.8 Å². The third kappa shape index (κ3) is 25.0. The first-order valence-electron chi connectivity index (χ1n) is 34.5. The molecule has 0 aliphatic carbocycles. The number of aryl methyl sites for hydroxylation is 2. The number of para-hydroxylation sites is 1. The molecule has 0 fully saturated rings. The van der Waals surface area contributed by atoms with E-state index >= 15 is 0 Å². The van der Waals surface area contributed by atoms with Crippen LogP contribution >= 0.6 is 0 Å². The summed E-state index contributed by atoms with van der Waals surface area (Å²) in [6.45, 7) is 24.6. The van der Waals surface area contributed by atoms with Crippen molar-refractivity contribution in [3.8, 4) is 0 Å². The molecule has 23 nitrogen and oxygen atoms in total. The number of halogens is 1. The van der Waals surface area contributed by atoms with E-state index in [0.29, 0.717) is 46.6 Å². The Labute approximate surface area is 617 Å². The smallest absolute Gasteiger partial charge is 0.319 e. The zero-order valence-corrected chi connectivity index (χ0v) is 61.7. The van der Waals surface area contributed by atoms with Crippen LogP contribution in [0, 0.1) is 24.1 Å². The summed E-state index contributed by atoms with van der Waals surface area (Å²) >= 11 is 0. The number of aliphatic hydroxyl groups is 1. The zero-order chi connectivity index (χ0) is 77.8. The van der Waals surface area contributed by atoms with Crippen molar-refractivity contribution in [2.75, 3.05) is 11.9 Å². The van der Waals surface area contributed by atoms with Gasteiger partial charge in [-0.25, -0.2) is 30.4 Å². The third-order valence-electron chi connectivity index (χ3n) is 17.1. The van der Waals surface area contributed by atoms with Crippen LogP contribution < -0.4 is 48.3 Å². The lowest BCUT2D eigenvalue weighted by atomic mass is 9.82. The molecule has 0 saturated heterocycles. The second kappa shape index (κ2) is 39.8. The molecule has 0 saturated carbocycles. The second-order valence-electron chi connectivity index (χ2n) is 27.5. The molecule has 558 valence electrons. The molecule has 1 heterocycles. The summed E-state index contributed by atoms with van der Waals surface area (Å²) < 4.78 is 15.2. The van der Waals surface area contributed by atoms with Crippen molar-refractivity contribution < 1.29 is 63.5 Å². The first-order valence-corrected chi connectivity index (χ1v) is 34.5. The van der Waals surface area contributed by atoms with Gasteiger partial charge in [-0.2, -0.15) is 5.10 Å². The van der Waals surface area contributed by atoms with Crippen LogP contribution in [-0.4, -0.2) is 84.5 Å². The topological polar surface area (TPSA) is 344 Å². The Balaban J connectivity index is 0.000000224. The number of carbonyl (C=O) groups is 8. The van der Waals surface area contributed by atoms with Crippen molar-refractivity contribution >= 4 is 53.1 Å². The van der Waals surface area contributed by atoms with Gasteiger partial charge in [-0.05, 0) is 150 Å². The van der Waals surface area contributed by atoms with Crippen LogP contribution in [0.1, 0.15) is 213 Å². The number of benzene rings is 8. The van der Waals surface area contributed by atoms with E-state index in [-0.39, 0.29) is 70.2 Å². The van der Waals surface area contributed by atoms with Gasteiger partial charge < -0.3 is 37.0 Å². The maximum Gasteiger partial charge on any atom is 0.319 e. The van der Waals surface area contributed by atoms with Crippen LogP contribution in [0.3, 0.4) is 0 Å². The SMILES string of the molecule is CC(C)C(NC(=O)c1cc(C(C)(C)C)nn1Cc1ccccc1)c1ccc(C(=O)NO)cc1.CC(NC(=O)Nc1ccccc1F)c1ccc(C(=O)NO)cc1.CCc1cccc(C(=O)NC(c2ccc(C(=O)NO)cc2)C(C)(C)C)c1.Cc1ccccc1CNC(=O)NC(C)c1ccc(C(=O)CO)cc1. The number of hydrogen-bond acceptors (Lipinski definition) is 13. The number of nitrogens with zero attached hydrogens (tertiary/aromatic N) is 2. The van der Waals surface area contributed by atoms with Gasteiger partial charge in [0, 0.05) is 39.8 Å². The molecule has 0 radical (unpaired) electrons. The van der Waals surface area contributed by atoms with E-state index in [9.17, 15) is 42.7 Å². The number of nitrogens with one attached hydrogen (secondary N) is 9. The van der Waals surface area contributed by atoms with Crippen LogP contribution in [0.25, 0.3) is 0 Å². The number of hydrogen-bond donors (Lipinski definition) is 13. The fraction of sp³-hybridized carbons (Fsp3) is 0.280. The standard InChI is InChI=1S/C26H32N4O3.C21H26N2O3.C19H22N2O3.C16H16FN3O3/c1-17(2)23(19-11-13-20(14-12-19)24(31)29-33)27-25(32)21-15-22(26(3,4)5)28-30(21)16-18-9-7-6-8-10-18;1-5-14-7-6-8-17(13-14)19(24)22-18(21(2,3)4)15-9-11-16(12-10-15)20(25)23-26;1-13-5-3-4-6-17(13)11-20-19(24)21-14(2)15-7-9-16(10-8-15)18(23)12-22;1-10(11-6-8-12(9-7-11)15(21)20-23)18-16(22)19-14-5-3-2-4-13(14)17/h6-15,17,23,33H,16H2,1-5H3,(H,27,32)(H,29,31);6-13,18,26H,5H2,1-4H3,(H,22,24)(H,23,25);3-10,14,22H,11-12H2,1-2H3,(H2,20,21,24);2-10,23H,1H3,(H,20,21)(H2,18,19,22). The van der Waals surface area contributed by atoms with E-state index in [1.807, 2.05) is 113 Å². The average molecular weight is 1450 g/mol. The Hall–Kier alpha value is -11.7. The Kier molecular flexibility index (Phi) is 31.3. The number of rotatable bonds is 22. The average Bonchev–Trinajstić information content (AvgIpc) is 1.59. The molecular weight excluding hydrogens is 1350 g/mol. The van der Waals surface area contributed by atoms with E-state index in [1.54, 1.807) is 119 Å². The normalized spacial score (nSPS) is 12.0. The molecule has 13 N–H and O–H groups in total. The Bertz CT molecular complexity index is 4410. The van der Waals surface area contributed by atoms with Crippen molar-refractivity contribution in [3.63, 3.8) is 0 Å². The summed E-state index contributed by atoms with van der Waals surface area (Å²) in [5.41, 5.74) is 15.7.